The van der Waals surface area contributed by atoms with E-state index < -0.39 is 0 Å². The number of hydrogen-bond donors (Lipinski definition) is 1. The molecule has 2 aromatic rings. The van der Waals surface area contributed by atoms with E-state index in [0.717, 1.165) is 0 Å². The van der Waals surface area contributed by atoms with Crippen molar-refractivity contribution in [3.8, 4) is 0 Å². The third-order valence-electron chi connectivity index (χ3n) is 1.63. The van der Waals surface area contributed by atoms with Gasteiger partial charge in [0.15, 0.2) is 0 Å². The molecule has 0 saturated carbocycles. The molecule has 0 fully saturated rings. The summed E-state index contributed by atoms with van der Waals surface area (Å²) in [6.45, 7) is 2.04. The minimum absolute atomic E-state index is 1.18. The Bertz CT molecular complexity index is 346. The predicted octanol–water partition coefficient (Wildman–Crippen LogP) is 2.28. The van der Waals surface area contributed by atoms with E-state index in [-0.39, 0.29) is 0 Å². The van der Waals surface area contributed by atoms with Gasteiger partial charge in [-0.05, 0) is 42.1 Å². The van der Waals surface area contributed by atoms with Gasteiger partial charge < -0.3 is 4.98 Å². The molecular weight excluding hydrogens is 122 g/mol. The van der Waals surface area contributed by atoms with Gasteiger partial charge in [0.05, 0.1) is 0 Å². The summed E-state index contributed by atoms with van der Waals surface area (Å²) in [4.78, 5) is 3.14. The van der Waals surface area contributed by atoms with Crippen molar-refractivity contribution in [3.63, 3.8) is 0 Å². The molecule has 10 heavy (non-hydrogen) atoms. The van der Waals surface area contributed by atoms with Crippen LogP contribution >= 0.6 is 0 Å². The number of hydrogen-bond acceptors (Lipinski definition) is 0. The summed E-state index contributed by atoms with van der Waals surface area (Å²) >= 11 is 0. The second-order valence-corrected chi connectivity index (χ2v) is 2.46. The van der Waals surface area contributed by atoms with E-state index in [0.29, 0.717) is 0 Å². The average molecular weight is 130 g/mol. The summed E-state index contributed by atoms with van der Waals surface area (Å²) in [6.07, 6.45) is 1.94. The number of H-pyrrole nitrogens is 1. The van der Waals surface area contributed by atoms with Gasteiger partial charge in [0.1, 0.15) is 0 Å². The largest absolute Gasteiger partial charge is 0.361 e. The number of fused-ring (bicyclic) bond motifs is 1. The molecule has 1 heteroatoms. The van der Waals surface area contributed by atoms with E-state index in [1.165, 1.54) is 16.5 Å². The van der Waals surface area contributed by atoms with Crippen LogP contribution in [0.2, 0.25) is 0 Å². The molecule has 1 nitrogen and oxygen atoms in total. The van der Waals surface area contributed by atoms with Crippen molar-refractivity contribution in [3.05, 3.63) is 36.0 Å². The highest BCUT2D eigenvalue weighted by molar-refractivity contribution is 5.79. The number of benzene rings is 1. The van der Waals surface area contributed by atoms with E-state index in [1.54, 1.807) is 0 Å². The highest BCUT2D eigenvalue weighted by atomic mass is 14.7. The smallest absolute Gasteiger partial charge is 0.0456 e. The van der Waals surface area contributed by atoms with Gasteiger partial charge >= 0.3 is 0 Å². The minimum Gasteiger partial charge on any atom is -0.361 e. The maximum Gasteiger partial charge on any atom is 0.0456 e. The molecule has 1 aromatic carbocycles. The summed E-state index contributed by atoms with van der Waals surface area (Å²) in [5.74, 6) is 0. The second-order valence-electron chi connectivity index (χ2n) is 2.46. The first-order valence-corrected chi connectivity index (χ1v) is 3.32. The van der Waals surface area contributed by atoms with Crippen LogP contribution in [0.1, 0.15) is 5.56 Å². The van der Waals surface area contributed by atoms with Gasteiger partial charge in [-0.25, -0.2) is 0 Å². The van der Waals surface area contributed by atoms with Gasteiger partial charge in [-0.2, -0.15) is 0 Å². The quantitative estimate of drug-likeness (QED) is 0.563. The lowest BCUT2D eigenvalue weighted by Crippen LogP contribution is -1.71. The molecule has 1 N–H and O–H groups in total. The Morgan fingerprint density at radius 3 is 3.30 bits per heavy atom. The van der Waals surface area contributed by atoms with Crippen molar-refractivity contribution in [2.75, 3.05) is 0 Å². The van der Waals surface area contributed by atoms with Crippen molar-refractivity contribution in [1.82, 2.24) is 4.98 Å². The summed E-state index contributed by atoms with van der Waals surface area (Å²) < 4.78 is 0. The Morgan fingerprint density at radius 1 is 1.50 bits per heavy atom. The van der Waals surface area contributed by atoms with E-state index >= 15 is 0 Å². The molecule has 0 bridgehead atoms. The molecule has 0 amide bonds. The third kappa shape index (κ3) is 0.711. The summed E-state index contributed by atoms with van der Waals surface area (Å²) in [6, 6.07) is 9.28. The standard InChI is InChI=1S/C9H8N/c1-7-2-3-8-4-5-10-9(8)6-7/h3-6,10H,1H3. The zero-order chi connectivity index (χ0) is 6.97. The fourth-order valence-corrected chi connectivity index (χ4v) is 1.09. The van der Waals surface area contributed by atoms with Crippen LogP contribution in [-0.4, -0.2) is 4.98 Å². The van der Waals surface area contributed by atoms with Crippen molar-refractivity contribution in [2.24, 2.45) is 0 Å². The molecule has 0 spiro atoms. The lowest BCUT2D eigenvalue weighted by Gasteiger charge is -1.89. The first-order chi connectivity index (χ1) is 4.86. The molecular formula is C9H8N. The Hall–Kier alpha value is -1.24. The van der Waals surface area contributed by atoms with Crippen LogP contribution in [0.4, 0.5) is 0 Å². The molecule has 1 aromatic heterocycles. The highest BCUT2D eigenvalue weighted by Crippen LogP contribution is 2.12. The monoisotopic (exact) mass is 130 g/mol. The number of aromatic amines is 1. The van der Waals surface area contributed by atoms with Crippen LogP contribution < -0.4 is 0 Å². The Morgan fingerprint density at radius 2 is 2.40 bits per heavy atom. The van der Waals surface area contributed by atoms with Crippen LogP contribution in [0, 0.1) is 13.0 Å². The number of nitrogens with one attached hydrogen (secondary N) is 1. The highest BCUT2D eigenvalue weighted by Gasteiger charge is 1.91. The van der Waals surface area contributed by atoms with E-state index in [2.05, 4.69) is 17.1 Å². The Balaban J connectivity index is 2.86. The van der Waals surface area contributed by atoms with E-state index in [4.69, 9.17) is 0 Å². The number of aromatic nitrogens is 1. The van der Waals surface area contributed by atoms with Crippen LogP contribution in [0.25, 0.3) is 10.9 Å². The van der Waals surface area contributed by atoms with Crippen LogP contribution in [-0.2, 0) is 0 Å². The van der Waals surface area contributed by atoms with Gasteiger partial charge in [0, 0.05) is 11.7 Å². The van der Waals surface area contributed by atoms with Gasteiger partial charge in [0.2, 0.25) is 0 Å². The van der Waals surface area contributed by atoms with Crippen LogP contribution in [0.15, 0.2) is 24.4 Å². The SMILES string of the molecule is Cc1[c]cc2cc[nH]c2c1. The van der Waals surface area contributed by atoms with Crippen LogP contribution in [0.5, 0.6) is 0 Å². The summed E-state index contributed by atoms with van der Waals surface area (Å²) in [7, 11) is 0. The lowest BCUT2D eigenvalue weighted by molar-refractivity contribution is 1.44. The topological polar surface area (TPSA) is 15.8 Å². The minimum atomic E-state index is 1.18. The molecule has 0 aliphatic heterocycles. The molecule has 0 aliphatic rings. The average Bonchev–Trinajstić information content (AvgIpc) is 2.33. The number of aryl methyl sites for hydroxylation is 1. The van der Waals surface area contributed by atoms with Crippen LogP contribution in [0.3, 0.4) is 0 Å². The molecule has 2 rings (SSSR count). The predicted molar refractivity (Wildman–Crippen MR) is 41.9 cm³/mol. The van der Waals surface area contributed by atoms with E-state index in [1.807, 2.05) is 25.3 Å². The lowest BCUT2D eigenvalue weighted by atomic mass is 10.2. The fraction of sp³-hybridized carbons (Fsp3) is 0.111. The first-order valence-electron chi connectivity index (χ1n) is 3.32. The zero-order valence-corrected chi connectivity index (χ0v) is 5.81. The fourth-order valence-electron chi connectivity index (χ4n) is 1.09. The molecule has 0 unspecified atom stereocenters. The summed E-state index contributed by atoms with van der Waals surface area (Å²) in [5, 5.41) is 1.23. The van der Waals surface area contributed by atoms with Crippen molar-refractivity contribution in [1.29, 1.82) is 0 Å². The molecule has 1 radical (unpaired) electrons. The maximum absolute atomic E-state index is 3.14. The normalized spacial score (nSPS) is 10.5. The molecule has 0 atom stereocenters. The second kappa shape index (κ2) is 1.87. The zero-order valence-electron chi connectivity index (χ0n) is 5.81. The van der Waals surface area contributed by atoms with Gasteiger partial charge in [0.25, 0.3) is 0 Å². The molecule has 0 aliphatic carbocycles. The van der Waals surface area contributed by atoms with E-state index in [9.17, 15) is 0 Å². The van der Waals surface area contributed by atoms with Crippen molar-refractivity contribution >= 4 is 10.9 Å². The summed E-state index contributed by atoms with van der Waals surface area (Å²) in [5.41, 5.74) is 2.37. The first kappa shape index (κ1) is 5.54. The van der Waals surface area contributed by atoms with Crippen molar-refractivity contribution < 1.29 is 0 Å². The molecule has 0 saturated heterocycles. The Labute approximate surface area is 59.7 Å². The Kier molecular flexibility index (Phi) is 1.04. The molecule has 49 valence electrons. The maximum atomic E-state index is 3.14. The third-order valence-corrected chi connectivity index (χ3v) is 1.63. The number of rotatable bonds is 0. The van der Waals surface area contributed by atoms with Gasteiger partial charge in [-0.15, -0.1) is 0 Å². The van der Waals surface area contributed by atoms with Gasteiger partial charge in [-0.1, -0.05) is 0 Å². The molecule has 1 heterocycles. The van der Waals surface area contributed by atoms with Crippen molar-refractivity contribution in [2.45, 2.75) is 6.92 Å². The van der Waals surface area contributed by atoms with Gasteiger partial charge in [-0.3, -0.25) is 0 Å².